The number of amides is 2. The first-order valence-electron chi connectivity index (χ1n) is 6.10. The Morgan fingerprint density at radius 1 is 1.26 bits per heavy atom. The average Bonchev–Trinajstić information content (AvgIpc) is 2.35. The number of ether oxygens (including phenoxy) is 2. The van der Waals surface area contributed by atoms with Crippen LogP contribution in [0.3, 0.4) is 0 Å². The molecule has 0 saturated heterocycles. The quantitative estimate of drug-likeness (QED) is 0.708. The first kappa shape index (κ1) is 15.0. The zero-order valence-corrected chi connectivity index (χ0v) is 11.2. The maximum absolute atomic E-state index is 11.9. The molecule has 7 nitrogen and oxygen atoms in total. The molecule has 106 valence electrons. The summed E-state index contributed by atoms with van der Waals surface area (Å²) in [6, 6.07) is -0.875. The number of carbonyl (C=O) groups excluding carboxylic acids is 3. The molecule has 0 bridgehead atoms. The summed E-state index contributed by atoms with van der Waals surface area (Å²) in [6.45, 7) is 4.85. The van der Waals surface area contributed by atoms with E-state index in [0.717, 1.165) is 0 Å². The molecule has 0 aromatic heterocycles. The second-order valence-corrected chi connectivity index (χ2v) is 3.95. The summed E-state index contributed by atoms with van der Waals surface area (Å²) in [6.07, 6.45) is 0.533. The lowest BCUT2D eigenvalue weighted by atomic mass is 10.0. The van der Waals surface area contributed by atoms with Crippen molar-refractivity contribution in [3.05, 3.63) is 11.3 Å². The van der Waals surface area contributed by atoms with Crippen LogP contribution in [0.1, 0.15) is 27.2 Å². The van der Waals surface area contributed by atoms with E-state index >= 15 is 0 Å². The van der Waals surface area contributed by atoms with Crippen molar-refractivity contribution in [2.45, 2.75) is 33.2 Å². The number of carbonyl (C=O) groups is 3. The summed E-state index contributed by atoms with van der Waals surface area (Å²) >= 11 is 0. The summed E-state index contributed by atoms with van der Waals surface area (Å²) in [7, 11) is 0. The predicted molar refractivity (Wildman–Crippen MR) is 66.0 cm³/mol. The van der Waals surface area contributed by atoms with Crippen molar-refractivity contribution in [2.24, 2.45) is 0 Å². The third-order valence-electron chi connectivity index (χ3n) is 2.57. The van der Waals surface area contributed by atoms with E-state index in [1.54, 1.807) is 6.92 Å². The van der Waals surface area contributed by atoms with Crippen LogP contribution >= 0.6 is 0 Å². The molecule has 2 amide bonds. The molecule has 0 spiro atoms. The van der Waals surface area contributed by atoms with E-state index < -0.39 is 24.0 Å². The Bertz CT molecular complexity index is 416. The molecule has 19 heavy (non-hydrogen) atoms. The Morgan fingerprint density at radius 3 is 2.47 bits per heavy atom. The summed E-state index contributed by atoms with van der Waals surface area (Å²) in [5.74, 6) is -1.01. The lowest BCUT2D eigenvalue weighted by molar-refractivity contribution is -0.141. The molecule has 0 aromatic carbocycles. The highest BCUT2D eigenvalue weighted by molar-refractivity contribution is 5.94. The van der Waals surface area contributed by atoms with Gasteiger partial charge in [-0.1, -0.05) is 6.92 Å². The first-order valence-corrected chi connectivity index (χ1v) is 6.10. The lowest BCUT2D eigenvalue weighted by Crippen LogP contribution is -2.51. The molecule has 1 aliphatic heterocycles. The highest BCUT2D eigenvalue weighted by Gasteiger charge is 2.31. The van der Waals surface area contributed by atoms with E-state index in [9.17, 15) is 14.4 Å². The van der Waals surface area contributed by atoms with Crippen LogP contribution in [0.15, 0.2) is 11.3 Å². The van der Waals surface area contributed by atoms with Crippen molar-refractivity contribution < 1.29 is 23.9 Å². The van der Waals surface area contributed by atoms with Crippen LogP contribution in [0, 0.1) is 0 Å². The highest BCUT2D eigenvalue weighted by Crippen LogP contribution is 2.17. The SMILES string of the molecule is CCOC(=O)C1=C(COC(C)=O)NC(=O)N[C@@H]1CC. The average molecular weight is 270 g/mol. The van der Waals surface area contributed by atoms with Gasteiger partial charge in [0, 0.05) is 6.92 Å². The minimum Gasteiger partial charge on any atom is -0.463 e. The summed E-state index contributed by atoms with van der Waals surface area (Å²) in [4.78, 5) is 34.2. The minimum atomic E-state index is -0.524. The zero-order chi connectivity index (χ0) is 14.4. The van der Waals surface area contributed by atoms with Crippen LogP contribution in [0.4, 0.5) is 4.79 Å². The third-order valence-corrected chi connectivity index (χ3v) is 2.57. The molecular weight excluding hydrogens is 252 g/mol. The fraction of sp³-hybridized carbons (Fsp3) is 0.583. The second-order valence-electron chi connectivity index (χ2n) is 3.95. The standard InChI is InChI=1S/C12H18N2O5/c1-4-8-10(11(16)18-5-2)9(6-19-7(3)15)14-12(17)13-8/h8H,4-6H2,1-3H3,(H2,13,14,17)/t8-/m1/s1. The molecule has 1 aliphatic rings. The molecule has 7 heteroatoms. The Kier molecular flexibility index (Phi) is 5.35. The Labute approximate surface area is 111 Å². The third kappa shape index (κ3) is 3.97. The van der Waals surface area contributed by atoms with Crippen molar-refractivity contribution in [2.75, 3.05) is 13.2 Å². The van der Waals surface area contributed by atoms with Crippen LogP contribution in [-0.4, -0.2) is 37.2 Å². The van der Waals surface area contributed by atoms with E-state index in [-0.39, 0.29) is 18.9 Å². The zero-order valence-electron chi connectivity index (χ0n) is 11.2. The maximum Gasteiger partial charge on any atom is 0.338 e. The Hall–Kier alpha value is -2.05. The molecule has 0 radical (unpaired) electrons. The van der Waals surface area contributed by atoms with Crippen molar-refractivity contribution in [1.82, 2.24) is 10.6 Å². The van der Waals surface area contributed by atoms with Gasteiger partial charge in [-0.25, -0.2) is 9.59 Å². The van der Waals surface area contributed by atoms with Crippen molar-refractivity contribution in [1.29, 1.82) is 0 Å². The molecule has 0 aliphatic carbocycles. The van der Waals surface area contributed by atoms with Crippen LogP contribution in [0.2, 0.25) is 0 Å². The van der Waals surface area contributed by atoms with Crippen LogP contribution in [0.5, 0.6) is 0 Å². The molecule has 0 fully saturated rings. The van der Waals surface area contributed by atoms with Gasteiger partial charge in [0.2, 0.25) is 0 Å². The molecule has 0 unspecified atom stereocenters. The molecule has 2 N–H and O–H groups in total. The van der Waals surface area contributed by atoms with E-state index in [4.69, 9.17) is 9.47 Å². The predicted octanol–water partition coefficient (Wildman–Crippen LogP) is 0.458. The smallest absolute Gasteiger partial charge is 0.338 e. The van der Waals surface area contributed by atoms with Gasteiger partial charge in [0.05, 0.1) is 23.9 Å². The van der Waals surface area contributed by atoms with Gasteiger partial charge in [0.1, 0.15) is 6.61 Å². The summed E-state index contributed by atoms with van der Waals surface area (Å²) in [5, 5.41) is 5.10. The van der Waals surface area contributed by atoms with Crippen molar-refractivity contribution in [3.63, 3.8) is 0 Å². The Balaban J connectivity index is 3.03. The first-order chi connectivity index (χ1) is 8.99. The molecule has 1 heterocycles. The van der Waals surface area contributed by atoms with Crippen LogP contribution in [0.25, 0.3) is 0 Å². The van der Waals surface area contributed by atoms with Gasteiger partial charge in [-0.15, -0.1) is 0 Å². The van der Waals surface area contributed by atoms with Gasteiger partial charge in [-0.3, -0.25) is 4.79 Å². The van der Waals surface area contributed by atoms with Gasteiger partial charge in [-0.2, -0.15) is 0 Å². The van der Waals surface area contributed by atoms with E-state index in [2.05, 4.69) is 10.6 Å². The number of esters is 2. The van der Waals surface area contributed by atoms with Crippen molar-refractivity contribution >= 4 is 18.0 Å². The molecular formula is C12H18N2O5. The van der Waals surface area contributed by atoms with Gasteiger partial charge in [-0.05, 0) is 13.3 Å². The number of hydrogen-bond donors (Lipinski definition) is 2. The topological polar surface area (TPSA) is 93.7 Å². The molecule has 0 aromatic rings. The number of urea groups is 1. The van der Waals surface area contributed by atoms with Gasteiger partial charge in [0.15, 0.2) is 0 Å². The molecule has 0 saturated carbocycles. The largest absolute Gasteiger partial charge is 0.463 e. The van der Waals surface area contributed by atoms with Gasteiger partial charge >= 0.3 is 18.0 Å². The van der Waals surface area contributed by atoms with E-state index in [1.807, 2.05) is 6.92 Å². The number of nitrogens with one attached hydrogen (secondary N) is 2. The number of hydrogen-bond acceptors (Lipinski definition) is 5. The Morgan fingerprint density at radius 2 is 1.95 bits per heavy atom. The minimum absolute atomic E-state index is 0.159. The number of rotatable bonds is 5. The van der Waals surface area contributed by atoms with E-state index in [0.29, 0.717) is 12.0 Å². The normalized spacial score (nSPS) is 18.5. The fourth-order valence-corrected chi connectivity index (χ4v) is 1.75. The van der Waals surface area contributed by atoms with Gasteiger partial charge < -0.3 is 20.1 Å². The monoisotopic (exact) mass is 270 g/mol. The van der Waals surface area contributed by atoms with Crippen molar-refractivity contribution in [3.8, 4) is 0 Å². The van der Waals surface area contributed by atoms with Gasteiger partial charge in [0.25, 0.3) is 0 Å². The van der Waals surface area contributed by atoms with Crippen LogP contribution < -0.4 is 10.6 Å². The second kappa shape index (κ2) is 6.77. The lowest BCUT2D eigenvalue weighted by Gasteiger charge is -2.27. The summed E-state index contributed by atoms with van der Waals surface area (Å²) in [5.41, 5.74) is 0.564. The van der Waals surface area contributed by atoms with E-state index in [1.165, 1.54) is 6.92 Å². The van der Waals surface area contributed by atoms with Crippen LogP contribution in [-0.2, 0) is 19.1 Å². The molecule has 1 rings (SSSR count). The summed E-state index contributed by atoms with van der Waals surface area (Å²) < 4.78 is 9.79. The fourth-order valence-electron chi connectivity index (χ4n) is 1.75. The highest BCUT2D eigenvalue weighted by atomic mass is 16.5. The molecule has 1 atom stereocenters. The maximum atomic E-state index is 11.9.